The lowest BCUT2D eigenvalue weighted by Crippen LogP contribution is -2.25. The highest BCUT2D eigenvalue weighted by Gasteiger charge is 2.31. The van der Waals surface area contributed by atoms with Gasteiger partial charge in [0, 0.05) is 30.3 Å². The number of anilines is 1. The van der Waals surface area contributed by atoms with E-state index in [9.17, 15) is 9.50 Å². The van der Waals surface area contributed by atoms with Crippen molar-refractivity contribution in [3.05, 3.63) is 53.3 Å². The third-order valence-electron chi connectivity index (χ3n) is 3.60. The Morgan fingerprint density at radius 2 is 2.10 bits per heavy atom. The third-order valence-corrected chi connectivity index (χ3v) is 3.60. The Morgan fingerprint density at radius 1 is 1.29 bits per heavy atom. The molecule has 1 heterocycles. The summed E-state index contributed by atoms with van der Waals surface area (Å²) in [5, 5.41) is 12.3. The van der Waals surface area contributed by atoms with E-state index in [0.29, 0.717) is 12.2 Å². The first-order chi connectivity index (χ1) is 9.94. The zero-order chi connectivity index (χ0) is 15.0. The summed E-state index contributed by atoms with van der Waals surface area (Å²) < 4.78 is 19.3. The van der Waals surface area contributed by atoms with Crippen LogP contribution in [-0.4, -0.2) is 10.7 Å². The van der Waals surface area contributed by atoms with E-state index in [1.54, 1.807) is 6.07 Å². The standard InChI is InChI=1S/C17H18FNO2/c1-17(2)9-11-4-3-5-12(16(11)21-17)10-19-13-6-7-15(20)14(18)8-13/h3-8,19-20H,9-10H2,1-2H3. The van der Waals surface area contributed by atoms with Crippen LogP contribution in [0.1, 0.15) is 25.0 Å². The highest BCUT2D eigenvalue weighted by molar-refractivity contribution is 5.50. The average molecular weight is 287 g/mol. The maximum absolute atomic E-state index is 13.3. The van der Waals surface area contributed by atoms with Crippen molar-refractivity contribution >= 4 is 5.69 Å². The largest absolute Gasteiger partial charge is 0.505 e. The quantitative estimate of drug-likeness (QED) is 0.842. The summed E-state index contributed by atoms with van der Waals surface area (Å²) >= 11 is 0. The van der Waals surface area contributed by atoms with Crippen LogP contribution in [0.4, 0.5) is 10.1 Å². The van der Waals surface area contributed by atoms with E-state index in [1.807, 2.05) is 12.1 Å². The number of benzene rings is 2. The van der Waals surface area contributed by atoms with Crippen LogP contribution in [0, 0.1) is 5.82 Å². The van der Waals surface area contributed by atoms with Gasteiger partial charge >= 0.3 is 0 Å². The van der Waals surface area contributed by atoms with Crippen molar-refractivity contribution < 1.29 is 14.2 Å². The molecule has 0 unspecified atom stereocenters. The van der Waals surface area contributed by atoms with Gasteiger partial charge in [0.25, 0.3) is 0 Å². The number of aromatic hydroxyl groups is 1. The van der Waals surface area contributed by atoms with Crippen LogP contribution in [0.3, 0.4) is 0 Å². The molecule has 0 radical (unpaired) electrons. The fourth-order valence-electron chi connectivity index (χ4n) is 2.63. The van der Waals surface area contributed by atoms with Gasteiger partial charge in [-0.05, 0) is 31.5 Å². The van der Waals surface area contributed by atoms with E-state index < -0.39 is 5.82 Å². The minimum atomic E-state index is -0.629. The molecule has 3 nitrogen and oxygen atoms in total. The molecule has 0 spiro atoms. The van der Waals surface area contributed by atoms with E-state index >= 15 is 0 Å². The molecule has 21 heavy (non-hydrogen) atoms. The number of para-hydroxylation sites is 1. The van der Waals surface area contributed by atoms with Crippen LogP contribution >= 0.6 is 0 Å². The van der Waals surface area contributed by atoms with Crippen LogP contribution in [-0.2, 0) is 13.0 Å². The van der Waals surface area contributed by atoms with Crippen LogP contribution in [0.25, 0.3) is 0 Å². The number of hydrogen-bond acceptors (Lipinski definition) is 3. The summed E-state index contributed by atoms with van der Waals surface area (Å²) in [5.74, 6) is -0.0452. The molecule has 0 amide bonds. The van der Waals surface area contributed by atoms with E-state index in [-0.39, 0.29) is 11.4 Å². The van der Waals surface area contributed by atoms with Crippen molar-refractivity contribution in [3.63, 3.8) is 0 Å². The molecule has 0 saturated carbocycles. The third kappa shape index (κ3) is 2.79. The maximum atomic E-state index is 13.3. The van der Waals surface area contributed by atoms with Gasteiger partial charge in [-0.2, -0.15) is 0 Å². The number of phenols is 1. The predicted molar refractivity (Wildman–Crippen MR) is 80.2 cm³/mol. The molecule has 0 bridgehead atoms. The van der Waals surface area contributed by atoms with Crippen LogP contribution in [0.2, 0.25) is 0 Å². The van der Waals surface area contributed by atoms with E-state index in [4.69, 9.17) is 4.74 Å². The van der Waals surface area contributed by atoms with Gasteiger partial charge in [-0.15, -0.1) is 0 Å². The summed E-state index contributed by atoms with van der Waals surface area (Å²) in [7, 11) is 0. The summed E-state index contributed by atoms with van der Waals surface area (Å²) in [5.41, 5.74) is 2.70. The predicted octanol–water partition coefficient (Wildman–Crippen LogP) is 3.86. The molecule has 0 fully saturated rings. The normalized spacial score (nSPS) is 15.4. The number of ether oxygens (including phenoxy) is 1. The second-order valence-electron chi connectivity index (χ2n) is 5.96. The fourth-order valence-corrected chi connectivity index (χ4v) is 2.63. The van der Waals surface area contributed by atoms with Gasteiger partial charge in [0.2, 0.25) is 0 Å². The van der Waals surface area contributed by atoms with Crippen LogP contribution in [0.15, 0.2) is 36.4 Å². The molecule has 0 aliphatic carbocycles. The Morgan fingerprint density at radius 3 is 2.86 bits per heavy atom. The Balaban J connectivity index is 1.78. The molecule has 0 saturated heterocycles. The molecule has 2 aromatic rings. The SMILES string of the molecule is CC1(C)Cc2cccc(CNc3ccc(O)c(F)c3)c2O1. The summed E-state index contributed by atoms with van der Waals surface area (Å²) in [4.78, 5) is 0. The summed E-state index contributed by atoms with van der Waals surface area (Å²) in [6.07, 6.45) is 0.893. The maximum Gasteiger partial charge on any atom is 0.166 e. The Hall–Kier alpha value is -2.23. The van der Waals surface area contributed by atoms with Crippen molar-refractivity contribution in [2.75, 3.05) is 5.32 Å². The molecular weight excluding hydrogens is 269 g/mol. The van der Waals surface area contributed by atoms with E-state index in [1.165, 1.54) is 17.7 Å². The van der Waals surface area contributed by atoms with Gasteiger partial charge in [0.1, 0.15) is 11.4 Å². The molecule has 2 N–H and O–H groups in total. The molecular formula is C17H18FNO2. The molecule has 0 aromatic heterocycles. The highest BCUT2D eigenvalue weighted by Crippen LogP contribution is 2.37. The molecule has 1 aliphatic rings. The topological polar surface area (TPSA) is 41.5 Å². The minimum absolute atomic E-state index is 0.177. The first kappa shape index (κ1) is 13.7. The molecule has 4 heteroatoms. The number of phenolic OH excluding ortho intramolecular Hbond substituents is 1. The van der Waals surface area contributed by atoms with E-state index in [2.05, 4.69) is 25.2 Å². The number of hydrogen-bond donors (Lipinski definition) is 2. The van der Waals surface area contributed by atoms with Crippen molar-refractivity contribution in [2.45, 2.75) is 32.4 Å². The number of halogens is 1. The molecule has 110 valence electrons. The van der Waals surface area contributed by atoms with Gasteiger partial charge < -0.3 is 15.2 Å². The lowest BCUT2D eigenvalue weighted by atomic mass is 10.0. The number of nitrogens with one attached hydrogen (secondary N) is 1. The molecule has 0 atom stereocenters. The smallest absolute Gasteiger partial charge is 0.166 e. The second kappa shape index (κ2) is 4.95. The Labute approximate surface area is 123 Å². The molecule has 1 aliphatic heterocycles. The van der Waals surface area contributed by atoms with E-state index in [0.717, 1.165) is 17.7 Å². The highest BCUT2D eigenvalue weighted by atomic mass is 19.1. The average Bonchev–Trinajstić information content (AvgIpc) is 2.74. The van der Waals surface area contributed by atoms with Crippen LogP contribution in [0.5, 0.6) is 11.5 Å². The van der Waals surface area contributed by atoms with Gasteiger partial charge in [-0.1, -0.05) is 18.2 Å². The van der Waals surface area contributed by atoms with Gasteiger partial charge in [0.05, 0.1) is 0 Å². The first-order valence-corrected chi connectivity index (χ1v) is 6.97. The fraction of sp³-hybridized carbons (Fsp3) is 0.294. The second-order valence-corrected chi connectivity index (χ2v) is 5.96. The Bertz CT molecular complexity index is 682. The number of fused-ring (bicyclic) bond motifs is 1. The van der Waals surface area contributed by atoms with Crippen molar-refractivity contribution in [1.82, 2.24) is 0 Å². The minimum Gasteiger partial charge on any atom is -0.505 e. The Kier molecular flexibility index (Phi) is 3.24. The van der Waals surface area contributed by atoms with Gasteiger partial charge in [0.15, 0.2) is 11.6 Å². The molecule has 3 rings (SSSR count). The van der Waals surface area contributed by atoms with Gasteiger partial charge in [-0.3, -0.25) is 0 Å². The summed E-state index contributed by atoms with van der Waals surface area (Å²) in [6.45, 7) is 4.68. The lowest BCUT2D eigenvalue weighted by molar-refractivity contribution is 0.137. The zero-order valence-electron chi connectivity index (χ0n) is 12.1. The zero-order valence-corrected chi connectivity index (χ0v) is 12.1. The monoisotopic (exact) mass is 287 g/mol. The van der Waals surface area contributed by atoms with Crippen LogP contribution < -0.4 is 10.1 Å². The van der Waals surface area contributed by atoms with Crippen molar-refractivity contribution in [2.24, 2.45) is 0 Å². The summed E-state index contributed by atoms with van der Waals surface area (Å²) in [6, 6.07) is 10.4. The lowest BCUT2D eigenvalue weighted by Gasteiger charge is -2.18. The van der Waals surface area contributed by atoms with Gasteiger partial charge in [-0.25, -0.2) is 4.39 Å². The molecule has 2 aromatic carbocycles. The number of rotatable bonds is 3. The first-order valence-electron chi connectivity index (χ1n) is 6.97. The van der Waals surface area contributed by atoms with Crippen molar-refractivity contribution in [3.8, 4) is 11.5 Å². The van der Waals surface area contributed by atoms with Crippen molar-refractivity contribution in [1.29, 1.82) is 0 Å².